The number of hydrogen-bond donors (Lipinski definition) is 1. The van der Waals surface area contributed by atoms with E-state index in [1.807, 2.05) is 6.92 Å². The molecule has 1 aliphatic rings. The molecule has 1 fully saturated rings. The Bertz CT molecular complexity index is 245. The molecule has 0 saturated carbocycles. The first-order valence-electron chi connectivity index (χ1n) is 4.72. The molecule has 1 N–H and O–H groups in total. The molecule has 0 aliphatic carbocycles. The van der Waals surface area contributed by atoms with Crippen molar-refractivity contribution in [1.82, 2.24) is 9.62 Å². The molecule has 1 heterocycles. The Kier molecular flexibility index (Phi) is 3.70. The second kappa shape index (κ2) is 4.39. The van der Waals surface area contributed by atoms with Gasteiger partial charge in [-0.1, -0.05) is 6.92 Å². The topological polar surface area (TPSA) is 49.4 Å². The van der Waals surface area contributed by atoms with Gasteiger partial charge in [-0.15, -0.1) is 0 Å². The smallest absolute Gasteiger partial charge is 0.211 e. The van der Waals surface area contributed by atoms with Crippen molar-refractivity contribution in [1.29, 1.82) is 0 Å². The summed E-state index contributed by atoms with van der Waals surface area (Å²) in [7, 11) is -3.01. The van der Waals surface area contributed by atoms with Gasteiger partial charge in [0.2, 0.25) is 10.0 Å². The fourth-order valence-electron chi connectivity index (χ4n) is 1.66. The number of rotatable bonds is 4. The van der Waals surface area contributed by atoms with Gasteiger partial charge < -0.3 is 5.32 Å². The molecule has 1 saturated heterocycles. The van der Waals surface area contributed by atoms with Crippen LogP contribution in [0.15, 0.2) is 0 Å². The highest BCUT2D eigenvalue weighted by Gasteiger charge is 2.21. The van der Waals surface area contributed by atoms with Crippen LogP contribution < -0.4 is 5.32 Å². The normalized spacial score (nSPS) is 24.1. The molecular weight excluding hydrogens is 188 g/mol. The maximum Gasteiger partial charge on any atom is 0.211 e. The monoisotopic (exact) mass is 206 g/mol. The average Bonchev–Trinajstić information content (AvgIpc) is 2.49. The molecule has 13 heavy (non-hydrogen) atoms. The van der Waals surface area contributed by atoms with E-state index in [1.54, 1.807) is 0 Å². The van der Waals surface area contributed by atoms with Gasteiger partial charge in [-0.05, 0) is 19.4 Å². The quantitative estimate of drug-likeness (QED) is 0.705. The summed E-state index contributed by atoms with van der Waals surface area (Å²) in [5.74, 6) is 0. The third-order valence-electron chi connectivity index (χ3n) is 2.41. The van der Waals surface area contributed by atoms with E-state index in [2.05, 4.69) is 5.32 Å². The lowest BCUT2D eigenvalue weighted by atomic mass is 10.2. The van der Waals surface area contributed by atoms with Crippen LogP contribution in [0.3, 0.4) is 0 Å². The SMILES string of the molecule is CCN(CC1CCCN1)S(C)(=O)=O. The van der Waals surface area contributed by atoms with E-state index in [9.17, 15) is 8.42 Å². The van der Waals surface area contributed by atoms with Gasteiger partial charge in [0.25, 0.3) is 0 Å². The zero-order valence-corrected chi connectivity index (χ0v) is 9.10. The first-order chi connectivity index (χ1) is 6.04. The van der Waals surface area contributed by atoms with Crippen LogP contribution in [0.1, 0.15) is 19.8 Å². The molecule has 78 valence electrons. The van der Waals surface area contributed by atoms with Crippen molar-refractivity contribution in [3.8, 4) is 0 Å². The highest BCUT2D eigenvalue weighted by atomic mass is 32.2. The van der Waals surface area contributed by atoms with Crippen LogP contribution in [0, 0.1) is 0 Å². The van der Waals surface area contributed by atoms with Gasteiger partial charge in [0.05, 0.1) is 6.26 Å². The van der Waals surface area contributed by atoms with Gasteiger partial charge in [0, 0.05) is 19.1 Å². The molecule has 0 aromatic carbocycles. The van der Waals surface area contributed by atoms with Crippen molar-refractivity contribution in [2.24, 2.45) is 0 Å². The Labute approximate surface area is 80.4 Å². The molecule has 0 aromatic rings. The van der Waals surface area contributed by atoms with Crippen molar-refractivity contribution in [3.05, 3.63) is 0 Å². The van der Waals surface area contributed by atoms with Crippen LogP contribution in [0.2, 0.25) is 0 Å². The Morgan fingerprint density at radius 1 is 1.54 bits per heavy atom. The van der Waals surface area contributed by atoms with Gasteiger partial charge >= 0.3 is 0 Å². The molecule has 5 heteroatoms. The van der Waals surface area contributed by atoms with E-state index in [0.717, 1.165) is 19.4 Å². The highest BCUT2D eigenvalue weighted by molar-refractivity contribution is 7.88. The van der Waals surface area contributed by atoms with Crippen LogP contribution in [0.4, 0.5) is 0 Å². The van der Waals surface area contributed by atoms with Crippen LogP contribution in [-0.2, 0) is 10.0 Å². The number of nitrogens with one attached hydrogen (secondary N) is 1. The first kappa shape index (κ1) is 10.9. The molecule has 0 aromatic heterocycles. The Balaban J connectivity index is 2.48. The van der Waals surface area contributed by atoms with Crippen molar-refractivity contribution in [2.45, 2.75) is 25.8 Å². The van der Waals surface area contributed by atoms with Crippen LogP contribution >= 0.6 is 0 Å². The molecule has 1 aliphatic heterocycles. The van der Waals surface area contributed by atoms with E-state index in [0.29, 0.717) is 19.1 Å². The predicted molar refractivity (Wildman–Crippen MR) is 53.1 cm³/mol. The number of hydrogen-bond acceptors (Lipinski definition) is 3. The summed E-state index contributed by atoms with van der Waals surface area (Å²) in [5.41, 5.74) is 0. The van der Waals surface area contributed by atoms with E-state index in [1.165, 1.54) is 10.6 Å². The van der Waals surface area contributed by atoms with Crippen LogP contribution in [-0.4, -0.2) is 44.7 Å². The summed E-state index contributed by atoms with van der Waals surface area (Å²) < 4.78 is 24.0. The largest absolute Gasteiger partial charge is 0.313 e. The Hall–Kier alpha value is -0.130. The number of nitrogens with zero attached hydrogens (tertiary/aromatic N) is 1. The minimum Gasteiger partial charge on any atom is -0.313 e. The maximum absolute atomic E-state index is 11.2. The summed E-state index contributed by atoms with van der Waals surface area (Å²) in [6.45, 7) is 4.08. The third-order valence-corrected chi connectivity index (χ3v) is 3.75. The first-order valence-corrected chi connectivity index (χ1v) is 6.57. The van der Waals surface area contributed by atoms with Gasteiger partial charge in [-0.3, -0.25) is 0 Å². The maximum atomic E-state index is 11.2. The zero-order valence-electron chi connectivity index (χ0n) is 8.28. The third kappa shape index (κ3) is 3.25. The molecule has 0 amide bonds. The molecule has 4 nitrogen and oxygen atoms in total. The second-order valence-corrected chi connectivity index (χ2v) is 5.49. The van der Waals surface area contributed by atoms with E-state index >= 15 is 0 Å². The molecule has 1 rings (SSSR count). The van der Waals surface area contributed by atoms with Crippen molar-refractivity contribution in [2.75, 3.05) is 25.9 Å². The Morgan fingerprint density at radius 2 is 2.23 bits per heavy atom. The number of likely N-dealkylation sites (N-methyl/N-ethyl adjacent to an activating group) is 1. The summed E-state index contributed by atoms with van der Waals surface area (Å²) in [6, 6.07) is 0.356. The highest BCUT2D eigenvalue weighted by Crippen LogP contribution is 2.08. The van der Waals surface area contributed by atoms with E-state index in [-0.39, 0.29) is 0 Å². The lowest BCUT2D eigenvalue weighted by molar-refractivity contribution is 0.386. The van der Waals surface area contributed by atoms with Crippen molar-refractivity contribution >= 4 is 10.0 Å². The van der Waals surface area contributed by atoms with Gasteiger partial charge in [0.15, 0.2) is 0 Å². The van der Waals surface area contributed by atoms with Gasteiger partial charge in [0.1, 0.15) is 0 Å². The summed E-state index contributed by atoms with van der Waals surface area (Å²) in [5, 5.41) is 3.29. The minimum atomic E-state index is -3.01. The summed E-state index contributed by atoms with van der Waals surface area (Å²) >= 11 is 0. The Morgan fingerprint density at radius 3 is 2.62 bits per heavy atom. The molecule has 0 radical (unpaired) electrons. The second-order valence-electron chi connectivity index (χ2n) is 3.51. The van der Waals surface area contributed by atoms with Crippen molar-refractivity contribution in [3.63, 3.8) is 0 Å². The molecule has 0 spiro atoms. The molecule has 1 atom stereocenters. The molecule has 1 unspecified atom stereocenters. The predicted octanol–water partition coefficient (Wildman–Crippen LogP) is 0.0199. The standard InChI is InChI=1S/C8H18N2O2S/c1-3-10(13(2,11)12)7-8-5-4-6-9-8/h8-9H,3-7H2,1-2H3. The molecular formula is C8H18N2O2S. The summed E-state index contributed by atoms with van der Waals surface area (Å²) in [4.78, 5) is 0. The summed E-state index contributed by atoms with van der Waals surface area (Å²) in [6.07, 6.45) is 3.52. The lowest BCUT2D eigenvalue weighted by Crippen LogP contribution is -2.40. The van der Waals surface area contributed by atoms with Gasteiger partial charge in [-0.2, -0.15) is 0 Å². The van der Waals surface area contributed by atoms with Crippen LogP contribution in [0.5, 0.6) is 0 Å². The number of sulfonamides is 1. The molecule has 0 bridgehead atoms. The average molecular weight is 206 g/mol. The minimum absolute atomic E-state index is 0.356. The van der Waals surface area contributed by atoms with E-state index in [4.69, 9.17) is 0 Å². The van der Waals surface area contributed by atoms with Gasteiger partial charge in [-0.25, -0.2) is 12.7 Å². The zero-order chi connectivity index (χ0) is 9.90. The van der Waals surface area contributed by atoms with Crippen LogP contribution in [0.25, 0.3) is 0 Å². The lowest BCUT2D eigenvalue weighted by Gasteiger charge is -2.21. The fraction of sp³-hybridized carbons (Fsp3) is 1.00. The van der Waals surface area contributed by atoms with E-state index < -0.39 is 10.0 Å². The fourth-order valence-corrected chi connectivity index (χ4v) is 2.58. The van der Waals surface area contributed by atoms with Crippen molar-refractivity contribution < 1.29 is 8.42 Å².